The predicted molar refractivity (Wildman–Crippen MR) is 86.9 cm³/mol. The molecular weight excluding hydrogens is 323 g/mol. The van der Waals surface area contributed by atoms with Gasteiger partial charge in [0, 0.05) is 23.8 Å². The molecule has 0 saturated carbocycles. The van der Waals surface area contributed by atoms with E-state index < -0.39 is 16.6 Å². The van der Waals surface area contributed by atoms with Gasteiger partial charge in [0.15, 0.2) is 0 Å². The third kappa shape index (κ3) is 4.14. The molecule has 0 spiro atoms. The number of non-ortho nitro benzene ring substituents is 1. The van der Waals surface area contributed by atoms with E-state index in [9.17, 15) is 19.3 Å². The number of benzene rings is 2. The number of carbonyl (C=O) groups excluding carboxylic acids is 1. The first kappa shape index (κ1) is 16.6. The topological polar surface area (TPSA) is 72.2 Å². The number of anilines is 1. The number of nitro benzene ring substituents is 1. The Morgan fingerprint density at radius 3 is 2.74 bits per heavy atom. The van der Waals surface area contributed by atoms with Gasteiger partial charge < -0.3 is 5.32 Å². The van der Waals surface area contributed by atoms with Crippen LogP contribution in [0, 0.1) is 22.9 Å². The highest BCUT2D eigenvalue weighted by Gasteiger charge is 2.10. The second-order valence-corrected chi connectivity index (χ2v) is 5.12. The predicted octanol–water partition coefficient (Wildman–Crippen LogP) is 4.35. The van der Waals surface area contributed by atoms with Crippen molar-refractivity contribution in [2.45, 2.75) is 6.92 Å². The van der Waals surface area contributed by atoms with Crippen LogP contribution in [0.3, 0.4) is 0 Å². The fraction of sp³-hybridized carbons (Fsp3) is 0.0625. The Morgan fingerprint density at radius 2 is 2.09 bits per heavy atom. The maximum Gasteiger partial charge on any atom is 0.271 e. The van der Waals surface area contributed by atoms with Crippen molar-refractivity contribution in [1.82, 2.24) is 0 Å². The van der Waals surface area contributed by atoms with Crippen molar-refractivity contribution in [2.24, 2.45) is 0 Å². The van der Waals surface area contributed by atoms with Gasteiger partial charge >= 0.3 is 0 Å². The first-order valence-electron chi connectivity index (χ1n) is 6.56. The van der Waals surface area contributed by atoms with E-state index in [4.69, 9.17) is 11.6 Å². The molecule has 1 amide bonds. The lowest BCUT2D eigenvalue weighted by molar-refractivity contribution is -0.384. The number of amides is 1. The molecule has 0 radical (unpaired) electrons. The number of rotatable bonds is 4. The third-order valence-electron chi connectivity index (χ3n) is 3.09. The van der Waals surface area contributed by atoms with Crippen molar-refractivity contribution in [3.05, 3.63) is 74.6 Å². The minimum Gasteiger partial charge on any atom is -0.322 e. The number of nitro groups is 1. The summed E-state index contributed by atoms with van der Waals surface area (Å²) >= 11 is 5.86. The summed E-state index contributed by atoms with van der Waals surface area (Å²) in [4.78, 5) is 22.1. The Kier molecular flexibility index (Phi) is 5.08. The largest absolute Gasteiger partial charge is 0.322 e. The van der Waals surface area contributed by atoms with Crippen LogP contribution in [-0.2, 0) is 4.79 Å². The number of halogens is 2. The van der Waals surface area contributed by atoms with Crippen molar-refractivity contribution < 1.29 is 14.1 Å². The molecule has 0 fully saturated rings. The standard InChI is InChI=1S/C16H12ClFN2O3/c1-10-5-6-11(20(22)23)9-15(10)19-16(21)8-7-12-13(17)3-2-4-14(12)18/h2-9H,1H3,(H,19,21)/b8-7+. The molecule has 2 aromatic carbocycles. The second kappa shape index (κ2) is 7.02. The van der Waals surface area contributed by atoms with Crippen LogP contribution in [0.25, 0.3) is 6.08 Å². The van der Waals surface area contributed by atoms with Gasteiger partial charge in [-0.25, -0.2) is 4.39 Å². The molecule has 118 valence electrons. The van der Waals surface area contributed by atoms with Gasteiger partial charge in [0.1, 0.15) is 5.82 Å². The van der Waals surface area contributed by atoms with E-state index in [2.05, 4.69) is 5.32 Å². The van der Waals surface area contributed by atoms with Gasteiger partial charge in [0.25, 0.3) is 5.69 Å². The molecule has 0 aliphatic rings. The van der Waals surface area contributed by atoms with Crippen LogP contribution in [0.1, 0.15) is 11.1 Å². The van der Waals surface area contributed by atoms with Gasteiger partial charge in [0.05, 0.1) is 15.6 Å². The Balaban J connectivity index is 2.18. The monoisotopic (exact) mass is 334 g/mol. The molecular formula is C16H12ClFN2O3. The molecule has 2 rings (SSSR count). The fourth-order valence-corrected chi connectivity index (χ4v) is 2.09. The highest BCUT2D eigenvalue weighted by molar-refractivity contribution is 6.32. The van der Waals surface area contributed by atoms with Crippen LogP contribution < -0.4 is 5.32 Å². The summed E-state index contributed by atoms with van der Waals surface area (Å²) in [5, 5.41) is 13.5. The van der Waals surface area contributed by atoms with Crippen LogP contribution in [0.2, 0.25) is 5.02 Å². The summed E-state index contributed by atoms with van der Waals surface area (Å²) in [6, 6.07) is 8.34. The minimum absolute atomic E-state index is 0.0973. The van der Waals surface area contributed by atoms with Crippen LogP contribution in [-0.4, -0.2) is 10.8 Å². The number of hydrogen-bond acceptors (Lipinski definition) is 3. The molecule has 2 aromatic rings. The van der Waals surface area contributed by atoms with Crippen molar-refractivity contribution in [3.8, 4) is 0 Å². The first-order chi connectivity index (χ1) is 10.9. The maximum atomic E-state index is 13.6. The summed E-state index contributed by atoms with van der Waals surface area (Å²) in [6.45, 7) is 1.71. The van der Waals surface area contributed by atoms with Crippen LogP contribution in [0.15, 0.2) is 42.5 Å². The van der Waals surface area contributed by atoms with E-state index in [1.807, 2.05) is 0 Å². The Bertz CT molecular complexity index is 786. The lowest BCUT2D eigenvalue weighted by Crippen LogP contribution is -2.09. The smallest absolute Gasteiger partial charge is 0.271 e. The van der Waals surface area contributed by atoms with Gasteiger partial charge in [0.2, 0.25) is 5.91 Å². The summed E-state index contributed by atoms with van der Waals surface area (Å²) in [7, 11) is 0. The van der Waals surface area contributed by atoms with Gasteiger partial charge in [-0.1, -0.05) is 23.7 Å². The highest BCUT2D eigenvalue weighted by atomic mass is 35.5. The summed E-state index contributed by atoms with van der Waals surface area (Å²) in [5.74, 6) is -1.10. The SMILES string of the molecule is Cc1ccc([N+](=O)[O-])cc1NC(=O)/C=C/c1c(F)cccc1Cl. The first-order valence-corrected chi connectivity index (χ1v) is 6.94. The Morgan fingerprint density at radius 1 is 1.35 bits per heavy atom. The van der Waals surface area contributed by atoms with Gasteiger partial charge in [-0.2, -0.15) is 0 Å². The third-order valence-corrected chi connectivity index (χ3v) is 3.42. The molecule has 1 N–H and O–H groups in total. The van der Waals surface area contributed by atoms with Crippen molar-refractivity contribution in [1.29, 1.82) is 0 Å². The normalized spacial score (nSPS) is 10.7. The fourth-order valence-electron chi connectivity index (χ4n) is 1.86. The van der Waals surface area contributed by atoms with E-state index in [0.717, 1.165) is 6.08 Å². The molecule has 0 saturated heterocycles. The highest BCUT2D eigenvalue weighted by Crippen LogP contribution is 2.23. The van der Waals surface area contributed by atoms with Gasteiger partial charge in [-0.15, -0.1) is 0 Å². The van der Waals surface area contributed by atoms with Crippen LogP contribution in [0.4, 0.5) is 15.8 Å². The summed E-state index contributed by atoms with van der Waals surface area (Å²) in [5.41, 5.74) is 0.946. The number of carbonyl (C=O) groups is 1. The molecule has 0 bridgehead atoms. The van der Waals surface area contributed by atoms with Crippen LogP contribution in [0.5, 0.6) is 0 Å². The average molecular weight is 335 g/mol. The Hall–Kier alpha value is -2.73. The number of nitrogens with one attached hydrogen (secondary N) is 1. The van der Waals surface area contributed by atoms with E-state index in [0.29, 0.717) is 11.3 Å². The zero-order valence-corrected chi connectivity index (χ0v) is 12.8. The zero-order chi connectivity index (χ0) is 17.0. The molecule has 0 heterocycles. The van der Waals surface area contributed by atoms with E-state index in [1.165, 1.54) is 42.5 Å². The summed E-state index contributed by atoms with van der Waals surface area (Å²) in [6.07, 6.45) is 2.36. The molecule has 0 atom stereocenters. The van der Waals surface area contributed by atoms with Crippen molar-refractivity contribution in [2.75, 3.05) is 5.32 Å². The number of aryl methyl sites for hydroxylation is 1. The second-order valence-electron chi connectivity index (χ2n) is 4.71. The van der Waals surface area contributed by atoms with Crippen LogP contribution >= 0.6 is 11.6 Å². The zero-order valence-electron chi connectivity index (χ0n) is 12.0. The summed E-state index contributed by atoms with van der Waals surface area (Å²) < 4.78 is 13.6. The number of hydrogen-bond donors (Lipinski definition) is 1. The van der Waals surface area contributed by atoms with Gasteiger partial charge in [-0.3, -0.25) is 14.9 Å². The molecule has 0 aliphatic heterocycles. The Labute approximate surface area is 136 Å². The van der Waals surface area contributed by atoms with Crippen molar-refractivity contribution >= 4 is 35.0 Å². The molecule has 0 aliphatic carbocycles. The maximum absolute atomic E-state index is 13.6. The average Bonchev–Trinajstić information content (AvgIpc) is 2.48. The van der Waals surface area contributed by atoms with E-state index >= 15 is 0 Å². The molecule has 7 heteroatoms. The van der Waals surface area contributed by atoms with E-state index in [-0.39, 0.29) is 16.3 Å². The lowest BCUT2D eigenvalue weighted by Gasteiger charge is -2.06. The van der Waals surface area contributed by atoms with Gasteiger partial charge in [-0.05, 0) is 30.7 Å². The quantitative estimate of drug-likeness (QED) is 0.513. The van der Waals surface area contributed by atoms with E-state index in [1.54, 1.807) is 6.92 Å². The molecule has 0 aromatic heterocycles. The number of nitrogens with zero attached hydrogens (tertiary/aromatic N) is 1. The molecule has 5 nitrogen and oxygen atoms in total. The molecule has 0 unspecified atom stereocenters. The minimum atomic E-state index is -0.552. The van der Waals surface area contributed by atoms with Crippen molar-refractivity contribution in [3.63, 3.8) is 0 Å². The lowest BCUT2D eigenvalue weighted by atomic mass is 10.1. The molecule has 23 heavy (non-hydrogen) atoms.